The highest BCUT2D eigenvalue weighted by Gasteiger charge is 2.20. The molecular weight excluding hydrogens is 314 g/mol. The highest BCUT2D eigenvalue weighted by atomic mass is 16.6. The van der Waals surface area contributed by atoms with Crippen LogP contribution in [0, 0.1) is 0 Å². The second-order valence-electron chi connectivity index (χ2n) is 6.19. The van der Waals surface area contributed by atoms with Gasteiger partial charge in [0.25, 0.3) is 0 Å². The molecule has 0 aliphatic carbocycles. The number of aromatic nitrogens is 2. The predicted molar refractivity (Wildman–Crippen MR) is 87.1 cm³/mol. The van der Waals surface area contributed by atoms with Crippen molar-refractivity contribution in [1.29, 1.82) is 0 Å². The van der Waals surface area contributed by atoms with Gasteiger partial charge in [0, 0.05) is 12.6 Å². The van der Waals surface area contributed by atoms with Gasteiger partial charge < -0.3 is 14.9 Å². The Kier molecular flexibility index (Phi) is 4.50. The number of nitrogens with one attached hydrogen (secondary N) is 1. The number of hydrogen-bond donors (Lipinski definition) is 3. The Hall–Kier alpha value is -3.03. The maximum absolute atomic E-state index is 11.9. The molecule has 8 nitrogen and oxygen atoms in total. The number of amides is 1. The smallest absolute Gasteiger partial charge is 0.412 e. The summed E-state index contributed by atoms with van der Waals surface area (Å²) in [4.78, 5) is 23.2. The van der Waals surface area contributed by atoms with Gasteiger partial charge in [0.15, 0.2) is 0 Å². The summed E-state index contributed by atoms with van der Waals surface area (Å²) in [6, 6.07) is 4.36. The van der Waals surface area contributed by atoms with Crippen molar-refractivity contribution in [3.05, 3.63) is 30.0 Å². The number of carboxylic acids is 1. The number of hydrogen-bond acceptors (Lipinski definition) is 5. The fourth-order valence-electron chi connectivity index (χ4n) is 2.13. The van der Waals surface area contributed by atoms with Crippen molar-refractivity contribution < 1.29 is 24.5 Å². The van der Waals surface area contributed by atoms with Crippen molar-refractivity contribution in [1.82, 2.24) is 9.78 Å². The van der Waals surface area contributed by atoms with Crippen molar-refractivity contribution in [2.24, 2.45) is 7.05 Å². The zero-order valence-corrected chi connectivity index (χ0v) is 13.8. The number of aryl methyl sites for hydroxylation is 1. The first-order chi connectivity index (χ1) is 11.1. The average molecular weight is 333 g/mol. The summed E-state index contributed by atoms with van der Waals surface area (Å²) < 4.78 is 6.55. The van der Waals surface area contributed by atoms with Gasteiger partial charge in [-0.25, -0.2) is 9.59 Å². The normalized spacial score (nSPS) is 11.2. The van der Waals surface area contributed by atoms with E-state index in [4.69, 9.17) is 4.74 Å². The number of benzene rings is 1. The van der Waals surface area contributed by atoms with E-state index in [1.54, 1.807) is 33.9 Å². The fourth-order valence-corrected chi connectivity index (χ4v) is 2.13. The van der Waals surface area contributed by atoms with Crippen molar-refractivity contribution in [3.63, 3.8) is 0 Å². The second kappa shape index (κ2) is 6.23. The summed E-state index contributed by atoms with van der Waals surface area (Å²) in [6.07, 6.45) is 0.518. The number of ether oxygens (including phenoxy) is 1. The molecule has 0 bridgehead atoms. The highest BCUT2D eigenvalue weighted by Crippen LogP contribution is 2.31. The summed E-state index contributed by atoms with van der Waals surface area (Å²) in [6.45, 7) is 5.16. The van der Waals surface area contributed by atoms with E-state index < -0.39 is 17.7 Å². The largest absolute Gasteiger partial charge is 0.506 e. The summed E-state index contributed by atoms with van der Waals surface area (Å²) in [5, 5.41) is 25.5. The maximum atomic E-state index is 11.9. The molecule has 0 fully saturated rings. The number of aromatic hydroxyl groups is 1. The first-order valence-electron chi connectivity index (χ1n) is 7.17. The highest BCUT2D eigenvalue weighted by molar-refractivity contribution is 5.96. The predicted octanol–water partition coefficient (Wildman–Crippen LogP) is 2.84. The van der Waals surface area contributed by atoms with Crippen LogP contribution in [-0.2, 0) is 11.8 Å². The van der Waals surface area contributed by atoms with Crippen molar-refractivity contribution in [2.45, 2.75) is 26.4 Å². The standard InChI is InChI=1S/C16H19N3O5/c1-16(2,3)24-15(23)18-11-7-9(5-6-12(11)20)13-10(14(21)22)8-17-19(13)4/h5-8,20H,1-4H3,(H,18,23)(H,21,22). The number of phenolic OH excluding ortho intramolecular Hbond substituents is 1. The van der Waals surface area contributed by atoms with Crippen molar-refractivity contribution in [3.8, 4) is 17.0 Å². The summed E-state index contributed by atoms with van der Waals surface area (Å²) in [7, 11) is 1.61. The van der Waals surface area contributed by atoms with Gasteiger partial charge in [0.2, 0.25) is 0 Å². The van der Waals surface area contributed by atoms with E-state index >= 15 is 0 Å². The number of rotatable bonds is 3. The molecule has 0 aliphatic rings. The minimum atomic E-state index is -1.12. The van der Waals surface area contributed by atoms with Crippen LogP contribution in [0.3, 0.4) is 0 Å². The van der Waals surface area contributed by atoms with E-state index in [0.717, 1.165) is 0 Å². The Labute approximate surface area is 138 Å². The van der Waals surface area contributed by atoms with E-state index in [1.165, 1.54) is 23.0 Å². The molecule has 0 spiro atoms. The molecule has 24 heavy (non-hydrogen) atoms. The topological polar surface area (TPSA) is 114 Å². The molecule has 2 rings (SSSR count). The Morgan fingerprint density at radius 2 is 1.96 bits per heavy atom. The van der Waals surface area contributed by atoms with E-state index in [-0.39, 0.29) is 17.0 Å². The van der Waals surface area contributed by atoms with E-state index in [1.807, 2.05) is 0 Å². The number of carbonyl (C=O) groups excluding carboxylic acids is 1. The maximum Gasteiger partial charge on any atom is 0.412 e. The quantitative estimate of drug-likeness (QED) is 0.744. The van der Waals surface area contributed by atoms with Crippen LogP contribution in [-0.4, -0.2) is 37.7 Å². The minimum Gasteiger partial charge on any atom is -0.506 e. The van der Waals surface area contributed by atoms with Crippen LogP contribution < -0.4 is 5.32 Å². The molecule has 1 heterocycles. The lowest BCUT2D eigenvalue weighted by Gasteiger charge is -2.20. The zero-order valence-electron chi connectivity index (χ0n) is 13.8. The Balaban J connectivity index is 2.38. The van der Waals surface area contributed by atoms with Crippen molar-refractivity contribution >= 4 is 17.7 Å². The molecule has 0 aliphatic heterocycles. The first kappa shape index (κ1) is 17.3. The molecule has 0 saturated carbocycles. The molecular formula is C16H19N3O5. The SMILES string of the molecule is Cn1ncc(C(=O)O)c1-c1ccc(O)c(NC(=O)OC(C)(C)C)c1. The molecule has 1 amide bonds. The van der Waals surface area contributed by atoms with Crippen LogP contribution in [0.2, 0.25) is 0 Å². The van der Waals surface area contributed by atoms with Gasteiger partial charge in [0.1, 0.15) is 16.9 Å². The summed E-state index contributed by atoms with van der Waals surface area (Å²) in [5.74, 6) is -1.28. The lowest BCUT2D eigenvalue weighted by Crippen LogP contribution is -2.27. The van der Waals surface area contributed by atoms with Crippen LogP contribution in [0.4, 0.5) is 10.5 Å². The molecule has 1 aromatic heterocycles. The molecule has 2 aromatic rings. The molecule has 3 N–H and O–H groups in total. The summed E-state index contributed by atoms with van der Waals surface area (Å²) >= 11 is 0. The third kappa shape index (κ3) is 3.83. The van der Waals surface area contributed by atoms with Gasteiger partial charge >= 0.3 is 12.1 Å². The van der Waals surface area contributed by atoms with E-state index in [9.17, 15) is 19.8 Å². The van der Waals surface area contributed by atoms with Crippen LogP contribution >= 0.6 is 0 Å². The molecule has 0 saturated heterocycles. The monoisotopic (exact) mass is 333 g/mol. The second-order valence-corrected chi connectivity index (χ2v) is 6.19. The first-order valence-corrected chi connectivity index (χ1v) is 7.17. The molecule has 128 valence electrons. The fraction of sp³-hybridized carbons (Fsp3) is 0.312. The van der Waals surface area contributed by atoms with Gasteiger partial charge in [-0.2, -0.15) is 5.10 Å². The molecule has 8 heteroatoms. The third-order valence-electron chi connectivity index (χ3n) is 3.07. The number of anilines is 1. The van der Waals surface area contributed by atoms with E-state index in [2.05, 4.69) is 10.4 Å². The van der Waals surface area contributed by atoms with Gasteiger partial charge in [-0.05, 0) is 39.0 Å². The Bertz CT molecular complexity index is 789. The zero-order chi connectivity index (χ0) is 18.1. The number of nitrogens with zero attached hydrogens (tertiary/aromatic N) is 2. The molecule has 0 radical (unpaired) electrons. The van der Waals surface area contributed by atoms with Gasteiger partial charge in [-0.3, -0.25) is 10.00 Å². The van der Waals surface area contributed by atoms with Crippen LogP contribution in [0.25, 0.3) is 11.3 Å². The Morgan fingerprint density at radius 3 is 2.54 bits per heavy atom. The molecule has 1 aromatic carbocycles. The number of carboxylic acid groups (broad SMARTS) is 1. The van der Waals surface area contributed by atoms with Crippen LogP contribution in [0.1, 0.15) is 31.1 Å². The molecule has 0 atom stereocenters. The lowest BCUT2D eigenvalue weighted by atomic mass is 10.1. The number of aromatic carboxylic acids is 1. The van der Waals surface area contributed by atoms with Gasteiger partial charge in [-0.15, -0.1) is 0 Å². The number of carbonyl (C=O) groups is 2. The number of phenols is 1. The lowest BCUT2D eigenvalue weighted by molar-refractivity contribution is 0.0633. The average Bonchev–Trinajstić information content (AvgIpc) is 2.81. The summed E-state index contributed by atoms with van der Waals surface area (Å²) in [5.41, 5.74) is 0.284. The third-order valence-corrected chi connectivity index (χ3v) is 3.07. The van der Waals surface area contributed by atoms with Gasteiger partial charge in [0.05, 0.1) is 17.6 Å². The molecule has 0 unspecified atom stereocenters. The van der Waals surface area contributed by atoms with Crippen LogP contribution in [0.5, 0.6) is 5.75 Å². The Morgan fingerprint density at radius 1 is 1.29 bits per heavy atom. The van der Waals surface area contributed by atoms with Crippen LogP contribution in [0.15, 0.2) is 24.4 Å². The van der Waals surface area contributed by atoms with Crippen molar-refractivity contribution in [2.75, 3.05) is 5.32 Å². The van der Waals surface area contributed by atoms with Gasteiger partial charge in [-0.1, -0.05) is 0 Å². The van der Waals surface area contributed by atoms with E-state index in [0.29, 0.717) is 11.3 Å². The minimum absolute atomic E-state index is 0.0198.